The zero-order valence-electron chi connectivity index (χ0n) is 9.30. The first-order chi connectivity index (χ1) is 8.15. The fourth-order valence-electron chi connectivity index (χ4n) is 1.53. The van der Waals surface area contributed by atoms with Crippen LogP contribution in [0, 0.1) is 0 Å². The lowest BCUT2D eigenvalue weighted by atomic mass is 10.2. The summed E-state index contributed by atoms with van der Waals surface area (Å²) in [5.74, 6) is -0.0919. The Kier molecular flexibility index (Phi) is 4.42. The topological polar surface area (TPSA) is 41.1 Å². The molecule has 0 aromatic heterocycles. The average molecular weight is 318 g/mol. The van der Waals surface area contributed by atoms with E-state index in [1.807, 2.05) is 0 Å². The molecular weight excluding hydrogens is 304 g/mol. The zero-order valence-corrected chi connectivity index (χ0v) is 11.6. The Balaban J connectivity index is 1.80. The van der Waals surface area contributed by atoms with Gasteiger partial charge in [-0.05, 0) is 31.0 Å². The molecule has 0 aliphatic heterocycles. The van der Waals surface area contributed by atoms with E-state index in [0.717, 1.165) is 11.0 Å². The minimum absolute atomic E-state index is 0.0919. The lowest BCUT2D eigenvalue weighted by Crippen LogP contribution is -2.32. The molecule has 1 aromatic rings. The molecule has 0 saturated heterocycles. The van der Waals surface area contributed by atoms with Crippen molar-refractivity contribution in [2.45, 2.75) is 18.9 Å². The van der Waals surface area contributed by atoms with Crippen molar-refractivity contribution in [3.8, 4) is 0 Å². The van der Waals surface area contributed by atoms with E-state index >= 15 is 0 Å². The number of hydrogen-bond donors (Lipinski definition) is 2. The van der Waals surface area contributed by atoms with E-state index in [4.69, 9.17) is 11.6 Å². The molecular formula is C12H14BrClN2O. The highest BCUT2D eigenvalue weighted by atomic mass is 79.9. The third-order valence-corrected chi connectivity index (χ3v) is 3.22. The van der Waals surface area contributed by atoms with Gasteiger partial charge in [0.15, 0.2) is 0 Å². The van der Waals surface area contributed by atoms with Crippen LogP contribution in [0.25, 0.3) is 0 Å². The minimum atomic E-state index is -0.0919. The van der Waals surface area contributed by atoms with Gasteiger partial charge in [-0.1, -0.05) is 27.5 Å². The highest BCUT2D eigenvalue weighted by Crippen LogP contribution is 2.19. The van der Waals surface area contributed by atoms with Gasteiger partial charge in [-0.15, -0.1) is 0 Å². The molecule has 1 amide bonds. The van der Waals surface area contributed by atoms with Crippen LogP contribution in [0.4, 0.5) is 0 Å². The van der Waals surface area contributed by atoms with E-state index in [1.54, 1.807) is 18.2 Å². The quantitative estimate of drug-likeness (QED) is 0.820. The number of amides is 1. The smallest absolute Gasteiger partial charge is 0.251 e. The maximum atomic E-state index is 11.8. The molecule has 1 aliphatic carbocycles. The molecule has 1 saturated carbocycles. The van der Waals surface area contributed by atoms with Crippen molar-refractivity contribution in [2.24, 2.45) is 0 Å². The molecule has 1 aliphatic rings. The first-order valence-corrected chi connectivity index (χ1v) is 6.80. The molecule has 0 spiro atoms. The predicted molar refractivity (Wildman–Crippen MR) is 72.5 cm³/mol. The largest absolute Gasteiger partial charge is 0.351 e. The molecule has 0 heterocycles. The number of carbonyl (C=O) groups excluding carboxylic acids is 1. The monoisotopic (exact) mass is 316 g/mol. The summed E-state index contributed by atoms with van der Waals surface area (Å²) in [4.78, 5) is 11.8. The summed E-state index contributed by atoms with van der Waals surface area (Å²) in [7, 11) is 0. The normalized spacial score (nSPS) is 14.7. The molecule has 0 bridgehead atoms. The first-order valence-electron chi connectivity index (χ1n) is 5.63. The fraction of sp³-hybridized carbons (Fsp3) is 0.417. The number of carbonyl (C=O) groups is 1. The molecule has 0 atom stereocenters. The van der Waals surface area contributed by atoms with Crippen LogP contribution in [-0.4, -0.2) is 25.0 Å². The first kappa shape index (κ1) is 12.9. The summed E-state index contributed by atoms with van der Waals surface area (Å²) >= 11 is 9.20. The van der Waals surface area contributed by atoms with Crippen molar-refractivity contribution >= 4 is 33.4 Å². The van der Waals surface area contributed by atoms with E-state index in [9.17, 15) is 4.79 Å². The highest BCUT2D eigenvalue weighted by Gasteiger charge is 2.19. The fourth-order valence-corrected chi connectivity index (χ4v) is 2.39. The van der Waals surface area contributed by atoms with E-state index in [2.05, 4.69) is 26.6 Å². The standard InChI is InChI=1S/C12H14BrClN2O/c13-9-5-8(6-10(14)7-9)12(17)16-4-3-15-11-1-2-11/h5-7,11,15H,1-4H2,(H,16,17). The molecule has 5 heteroatoms. The van der Waals surface area contributed by atoms with Crippen molar-refractivity contribution in [3.63, 3.8) is 0 Å². The van der Waals surface area contributed by atoms with Crippen LogP contribution in [0.5, 0.6) is 0 Å². The van der Waals surface area contributed by atoms with Crippen LogP contribution < -0.4 is 10.6 Å². The molecule has 2 rings (SSSR count). The molecule has 17 heavy (non-hydrogen) atoms. The second-order valence-corrected chi connectivity index (χ2v) is 5.49. The second kappa shape index (κ2) is 5.85. The number of halogens is 2. The van der Waals surface area contributed by atoms with Gasteiger partial charge in [-0.3, -0.25) is 4.79 Å². The summed E-state index contributed by atoms with van der Waals surface area (Å²) in [6.45, 7) is 1.46. The van der Waals surface area contributed by atoms with Gasteiger partial charge in [0.1, 0.15) is 0 Å². The van der Waals surface area contributed by atoms with Crippen LogP contribution in [0.3, 0.4) is 0 Å². The maximum absolute atomic E-state index is 11.8. The highest BCUT2D eigenvalue weighted by molar-refractivity contribution is 9.10. The van der Waals surface area contributed by atoms with Gasteiger partial charge < -0.3 is 10.6 Å². The molecule has 92 valence electrons. The number of nitrogens with one attached hydrogen (secondary N) is 2. The summed E-state index contributed by atoms with van der Waals surface area (Å²) in [5, 5.41) is 6.75. The van der Waals surface area contributed by atoms with Crippen molar-refractivity contribution in [1.82, 2.24) is 10.6 Å². The van der Waals surface area contributed by atoms with Crippen LogP contribution in [0.15, 0.2) is 22.7 Å². The number of rotatable bonds is 5. The van der Waals surface area contributed by atoms with Crippen molar-refractivity contribution < 1.29 is 4.79 Å². The summed E-state index contributed by atoms with van der Waals surface area (Å²) in [5.41, 5.74) is 0.579. The molecule has 3 nitrogen and oxygen atoms in total. The molecule has 0 radical (unpaired) electrons. The predicted octanol–water partition coefficient (Wildman–Crippen LogP) is 2.58. The van der Waals surface area contributed by atoms with Gasteiger partial charge in [0.05, 0.1) is 0 Å². The lowest BCUT2D eigenvalue weighted by molar-refractivity contribution is 0.0954. The SMILES string of the molecule is O=C(NCCNC1CC1)c1cc(Cl)cc(Br)c1. The Morgan fingerprint density at radius 1 is 1.35 bits per heavy atom. The van der Waals surface area contributed by atoms with E-state index in [1.165, 1.54) is 12.8 Å². The van der Waals surface area contributed by atoms with Gasteiger partial charge in [0.25, 0.3) is 5.91 Å². The molecule has 0 unspecified atom stereocenters. The molecule has 1 aromatic carbocycles. The van der Waals surface area contributed by atoms with Crippen molar-refractivity contribution in [2.75, 3.05) is 13.1 Å². The van der Waals surface area contributed by atoms with Crippen LogP contribution in [0.1, 0.15) is 23.2 Å². The Labute approximate surface area is 114 Å². The summed E-state index contributed by atoms with van der Waals surface area (Å²) in [6.07, 6.45) is 2.52. The Morgan fingerprint density at radius 3 is 2.76 bits per heavy atom. The summed E-state index contributed by atoms with van der Waals surface area (Å²) in [6, 6.07) is 5.85. The lowest BCUT2D eigenvalue weighted by Gasteiger charge is -2.06. The van der Waals surface area contributed by atoms with Gasteiger partial charge in [-0.2, -0.15) is 0 Å². The second-order valence-electron chi connectivity index (χ2n) is 4.14. The molecule has 2 N–H and O–H groups in total. The van der Waals surface area contributed by atoms with Gasteiger partial charge >= 0.3 is 0 Å². The van der Waals surface area contributed by atoms with Crippen LogP contribution in [-0.2, 0) is 0 Å². The van der Waals surface area contributed by atoms with Gasteiger partial charge in [-0.25, -0.2) is 0 Å². The minimum Gasteiger partial charge on any atom is -0.351 e. The average Bonchev–Trinajstić information content (AvgIpc) is 3.06. The van der Waals surface area contributed by atoms with Crippen molar-refractivity contribution in [3.05, 3.63) is 33.3 Å². The Hall–Kier alpha value is -0.580. The van der Waals surface area contributed by atoms with Gasteiger partial charge in [0.2, 0.25) is 0 Å². The van der Waals surface area contributed by atoms with Crippen LogP contribution in [0.2, 0.25) is 5.02 Å². The van der Waals surface area contributed by atoms with E-state index in [0.29, 0.717) is 23.2 Å². The Bertz CT molecular complexity index is 401. The summed E-state index contributed by atoms with van der Waals surface area (Å²) < 4.78 is 0.811. The third kappa shape index (κ3) is 4.30. The van der Waals surface area contributed by atoms with Crippen molar-refractivity contribution in [1.29, 1.82) is 0 Å². The zero-order chi connectivity index (χ0) is 12.3. The van der Waals surface area contributed by atoms with Crippen LogP contribution >= 0.6 is 27.5 Å². The molecule has 1 fully saturated rings. The number of hydrogen-bond acceptors (Lipinski definition) is 2. The maximum Gasteiger partial charge on any atom is 0.251 e. The van der Waals surface area contributed by atoms with E-state index in [-0.39, 0.29) is 5.91 Å². The number of benzene rings is 1. The Morgan fingerprint density at radius 2 is 2.12 bits per heavy atom. The third-order valence-electron chi connectivity index (χ3n) is 2.55. The van der Waals surface area contributed by atoms with Gasteiger partial charge in [0, 0.05) is 34.2 Å². The van der Waals surface area contributed by atoms with E-state index < -0.39 is 0 Å².